The first-order valence-electron chi connectivity index (χ1n) is 7.53. The number of benzene rings is 1. The van der Waals surface area contributed by atoms with E-state index in [1.165, 1.54) is 0 Å². The molecule has 1 atom stereocenters. The fourth-order valence-electron chi connectivity index (χ4n) is 2.83. The fraction of sp³-hybridized carbons (Fsp3) is 0.412. The van der Waals surface area contributed by atoms with Crippen LogP contribution in [0.15, 0.2) is 33.0 Å². The van der Waals surface area contributed by atoms with E-state index in [4.69, 9.17) is 4.98 Å². The van der Waals surface area contributed by atoms with E-state index in [2.05, 4.69) is 45.9 Å². The number of aromatic nitrogens is 2. The summed E-state index contributed by atoms with van der Waals surface area (Å²) in [7, 11) is 0. The molecule has 22 heavy (non-hydrogen) atoms. The molecule has 0 N–H and O–H groups in total. The van der Waals surface area contributed by atoms with Crippen molar-refractivity contribution in [2.45, 2.75) is 49.4 Å². The summed E-state index contributed by atoms with van der Waals surface area (Å²) in [6, 6.07) is 6.25. The molecule has 116 valence electrons. The SMILES string of the molecule is CCSc1nc2c(c(=O)n1-c1cc(C)cc(C)c1)S[C@H](C)C2. The monoisotopic (exact) mass is 332 g/mol. The molecular weight excluding hydrogens is 312 g/mol. The van der Waals surface area contributed by atoms with E-state index in [1.54, 1.807) is 28.1 Å². The number of fused-ring (bicyclic) bond motifs is 1. The Balaban J connectivity index is 2.26. The second kappa shape index (κ2) is 6.13. The van der Waals surface area contributed by atoms with Gasteiger partial charge in [0.05, 0.1) is 16.3 Å². The third-order valence-corrected chi connectivity index (χ3v) is 5.65. The predicted molar refractivity (Wildman–Crippen MR) is 94.7 cm³/mol. The predicted octanol–water partition coefficient (Wildman–Crippen LogP) is 4.00. The van der Waals surface area contributed by atoms with Crippen LogP contribution in [0, 0.1) is 13.8 Å². The molecule has 1 aromatic carbocycles. The quantitative estimate of drug-likeness (QED) is 0.629. The second-order valence-electron chi connectivity index (χ2n) is 5.72. The highest BCUT2D eigenvalue weighted by Gasteiger charge is 2.26. The highest BCUT2D eigenvalue weighted by atomic mass is 32.2. The summed E-state index contributed by atoms with van der Waals surface area (Å²) in [4.78, 5) is 18.6. The highest BCUT2D eigenvalue weighted by molar-refractivity contribution is 8.00. The summed E-state index contributed by atoms with van der Waals surface area (Å²) in [5.41, 5.74) is 4.31. The van der Waals surface area contributed by atoms with Gasteiger partial charge in [-0.3, -0.25) is 9.36 Å². The third-order valence-electron chi connectivity index (χ3n) is 3.62. The van der Waals surface area contributed by atoms with Crippen molar-refractivity contribution in [2.24, 2.45) is 0 Å². The van der Waals surface area contributed by atoms with E-state index in [1.807, 2.05) is 0 Å². The Morgan fingerprint density at radius 2 is 2.00 bits per heavy atom. The molecule has 2 aromatic rings. The molecule has 3 rings (SSSR count). The van der Waals surface area contributed by atoms with Crippen LogP contribution in [-0.4, -0.2) is 20.6 Å². The van der Waals surface area contributed by atoms with Gasteiger partial charge < -0.3 is 0 Å². The molecule has 0 saturated carbocycles. The van der Waals surface area contributed by atoms with Gasteiger partial charge in [0.15, 0.2) is 5.16 Å². The molecule has 3 nitrogen and oxygen atoms in total. The van der Waals surface area contributed by atoms with E-state index in [0.717, 1.165) is 44.7 Å². The van der Waals surface area contributed by atoms with Crippen LogP contribution in [-0.2, 0) is 6.42 Å². The molecule has 1 aromatic heterocycles. The van der Waals surface area contributed by atoms with Crippen LogP contribution >= 0.6 is 23.5 Å². The maximum atomic E-state index is 13.0. The first kappa shape index (κ1) is 15.7. The van der Waals surface area contributed by atoms with Crippen molar-refractivity contribution >= 4 is 23.5 Å². The maximum Gasteiger partial charge on any atom is 0.272 e. The summed E-state index contributed by atoms with van der Waals surface area (Å²) in [5, 5.41) is 1.25. The number of thioether (sulfide) groups is 2. The molecule has 0 radical (unpaired) electrons. The number of aryl methyl sites for hydroxylation is 2. The van der Waals surface area contributed by atoms with Crippen LogP contribution in [0.25, 0.3) is 5.69 Å². The van der Waals surface area contributed by atoms with Crippen molar-refractivity contribution in [1.29, 1.82) is 0 Å². The van der Waals surface area contributed by atoms with Gasteiger partial charge in [-0.1, -0.05) is 31.7 Å². The molecule has 1 aliphatic rings. The third kappa shape index (κ3) is 2.84. The molecule has 0 amide bonds. The lowest BCUT2D eigenvalue weighted by molar-refractivity contribution is 0.730. The number of rotatable bonds is 3. The van der Waals surface area contributed by atoms with Gasteiger partial charge in [-0.05, 0) is 42.9 Å². The normalized spacial score (nSPS) is 16.8. The lowest BCUT2D eigenvalue weighted by Crippen LogP contribution is -2.24. The average Bonchev–Trinajstić information content (AvgIpc) is 2.79. The molecule has 0 fully saturated rings. The zero-order valence-electron chi connectivity index (χ0n) is 13.3. The van der Waals surface area contributed by atoms with Gasteiger partial charge >= 0.3 is 0 Å². The first-order valence-corrected chi connectivity index (χ1v) is 9.40. The second-order valence-corrected chi connectivity index (χ2v) is 8.40. The fourth-order valence-corrected chi connectivity index (χ4v) is 4.68. The van der Waals surface area contributed by atoms with Gasteiger partial charge in [0.1, 0.15) is 0 Å². The molecule has 5 heteroatoms. The number of nitrogens with zero attached hydrogens (tertiary/aromatic N) is 2. The Bertz CT molecular complexity index is 763. The molecule has 0 spiro atoms. The van der Waals surface area contributed by atoms with Crippen molar-refractivity contribution in [3.8, 4) is 5.69 Å². The van der Waals surface area contributed by atoms with Gasteiger partial charge in [-0.2, -0.15) is 0 Å². The van der Waals surface area contributed by atoms with Crippen molar-refractivity contribution in [3.63, 3.8) is 0 Å². The summed E-state index contributed by atoms with van der Waals surface area (Å²) in [5.74, 6) is 0.902. The molecule has 2 heterocycles. The largest absolute Gasteiger partial charge is 0.272 e. The maximum absolute atomic E-state index is 13.0. The van der Waals surface area contributed by atoms with E-state index >= 15 is 0 Å². The minimum Gasteiger partial charge on any atom is -0.268 e. The van der Waals surface area contributed by atoms with Crippen LogP contribution in [0.1, 0.15) is 30.7 Å². The Labute approximate surface area is 139 Å². The molecule has 0 saturated heterocycles. The van der Waals surface area contributed by atoms with E-state index in [-0.39, 0.29) is 5.56 Å². The van der Waals surface area contributed by atoms with Gasteiger partial charge in [-0.15, -0.1) is 11.8 Å². The first-order chi connectivity index (χ1) is 10.5. The standard InChI is InChI=1S/C17H20N2OS2/c1-5-21-17-18-14-9-12(4)22-15(14)16(20)19(17)13-7-10(2)6-11(3)8-13/h6-8,12H,5,9H2,1-4H3/t12-/m1/s1. The molecule has 0 aliphatic carbocycles. The Kier molecular flexibility index (Phi) is 4.37. The van der Waals surface area contributed by atoms with Crippen LogP contribution in [0.4, 0.5) is 0 Å². The lowest BCUT2D eigenvalue weighted by Gasteiger charge is -2.14. The van der Waals surface area contributed by atoms with Crippen LogP contribution in [0.2, 0.25) is 0 Å². The molecule has 0 unspecified atom stereocenters. The zero-order valence-corrected chi connectivity index (χ0v) is 15.0. The lowest BCUT2D eigenvalue weighted by atomic mass is 10.1. The zero-order chi connectivity index (χ0) is 15.9. The summed E-state index contributed by atoms with van der Waals surface area (Å²) >= 11 is 3.29. The minimum absolute atomic E-state index is 0.0836. The number of hydrogen-bond donors (Lipinski definition) is 0. The highest BCUT2D eigenvalue weighted by Crippen LogP contribution is 2.34. The van der Waals surface area contributed by atoms with Gasteiger partial charge in [0, 0.05) is 11.7 Å². The Morgan fingerprint density at radius 1 is 1.32 bits per heavy atom. The molecule has 1 aliphatic heterocycles. The van der Waals surface area contributed by atoms with E-state index < -0.39 is 0 Å². The van der Waals surface area contributed by atoms with Gasteiger partial charge in [-0.25, -0.2) is 4.98 Å². The summed E-state index contributed by atoms with van der Waals surface area (Å²) in [6.45, 7) is 8.37. The van der Waals surface area contributed by atoms with Crippen molar-refractivity contribution in [1.82, 2.24) is 9.55 Å². The summed E-state index contributed by atoms with van der Waals surface area (Å²) in [6.07, 6.45) is 0.889. The van der Waals surface area contributed by atoms with Crippen LogP contribution < -0.4 is 5.56 Å². The molecular formula is C17H20N2OS2. The number of hydrogen-bond acceptors (Lipinski definition) is 4. The average molecular weight is 332 g/mol. The minimum atomic E-state index is 0.0836. The van der Waals surface area contributed by atoms with E-state index in [0.29, 0.717) is 5.25 Å². The van der Waals surface area contributed by atoms with E-state index in [9.17, 15) is 4.79 Å². The van der Waals surface area contributed by atoms with Gasteiger partial charge in [0.25, 0.3) is 5.56 Å². The Morgan fingerprint density at radius 3 is 2.64 bits per heavy atom. The molecule has 0 bridgehead atoms. The van der Waals surface area contributed by atoms with Crippen molar-refractivity contribution in [3.05, 3.63) is 45.4 Å². The van der Waals surface area contributed by atoms with Gasteiger partial charge in [0.2, 0.25) is 0 Å². The summed E-state index contributed by atoms with van der Waals surface area (Å²) < 4.78 is 1.79. The Hall–Kier alpha value is -1.20. The van der Waals surface area contributed by atoms with Crippen LogP contribution in [0.3, 0.4) is 0 Å². The van der Waals surface area contributed by atoms with Crippen molar-refractivity contribution in [2.75, 3.05) is 5.75 Å². The van der Waals surface area contributed by atoms with Crippen LogP contribution in [0.5, 0.6) is 0 Å². The smallest absolute Gasteiger partial charge is 0.268 e. The van der Waals surface area contributed by atoms with Crippen molar-refractivity contribution < 1.29 is 0 Å². The topological polar surface area (TPSA) is 34.9 Å².